The zero-order valence-electron chi connectivity index (χ0n) is 11.1. The lowest BCUT2D eigenvalue weighted by Crippen LogP contribution is -2.06. The molecule has 3 nitrogen and oxygen atoms in total. The van der Waals surface area contributed by atoms with Crippen LogP contribution in [0.25, 0.3) is 0 Å². The fraction of sp³-hybridized carbons (Fsp3) is 0.188. The van der Waals surface area contributed by atoms with Gasteiger partial charge in [0.2, 0.25) is 0 Å². The molecule has 0 unspecified atom stereocenters. The maximum atomic E-state index is 11.8. The number of ether oxygens (including phenoxy) is 2. The third kappa shape index (κ3) is 3.84. The summed E-state index contributed by atoms with van der Waals surface area (Å²) in [5.41, 5.74) is 1.55. The van der Waals surface area contributed by atoms with Gasteiger partial charge in [0.15, 0.2) is 0 Å². The first-order chi connectivity index (χ1) is 9.70. The highest BCUT2D eigenvalue weighted by molar-refractivity contribution is 9.10. The van der Waals surface area contributed by atoms with E-state index in [4.69, 9.17) is 9.47 Å². The van der Waals surface area contributed by atoms with E-state index in [2.05, 4.69) is 15.9 Å². The van der Waals surface area contributed by atoms with Gasteiger partial charge in [-0.2, -0.15) is 0 Å². The fourth-order valence-electron chi connectivity index (χ4n) is 1.70. The van der Waals surface area contributed by atoms with E-state index in [-0.39, 0.29) is 5.97 Å². The molecule has 0 fully saturated rings. The van der Waals surface area contributed by atoms with Gasteiger partial charge in [0.25, 0.3) is 0 Å². The number of carbonyl (C=O) groups excluding carboxylic acids is 1. The summed E-state index contributed by atoms with van der Waals surface area (Å²) in [5.74, 6) is 0.282. The standard InChI is InChI=1S/C16H15BrO3/c1-2-19-16(18)14-10-13(8-9-15(14)17)20-11-12-6-4-3-5-7-12/h3-10H,2,11H2,1H3. The number of hydrogen-bond donors (Lipinski definition) is 0. The molecule has 0 aliphatic heterocycles. The van der Waals surface area contributed by atoms with Gasteiger partial charge < -0.3 is 9.47 Å². The van der Waals surface area contributed by atoms with Gasteiger partial charge >= 0.3 is 5.97 Å². The van der Waals surface area contributed by atoms with Gasteiger partial charge in [-0.15, -0.1) is 0 Å². The highest BCUT2D eigenvalue weighted by Gasteiger charge is 2.12. The zero-order chi connectivity index (χ0) is 14.4. The van der Waals surface area contributed by atoms with E-state index in [1.54, 1.807) is 19.1 Å². The summed E-state index contributed by atoms with van der Waals surface area (Å²) in [7, 11) is 0. The first-order valence-corrected chi connectivity index (χ1v) is 7.13. The minimum absolute atomic E-state index is 0.348. The van der Waals surface area contributed by atoms with Crippen molar-refractivity contribution < 1.29 is 14.3 Å². The molecule has 0 aromatic heterocycles. The van der Waals surface area contributed by atoms with Gasteiger partial charge in [-0.05, 0) is 46.6 Å². The van der Waals surface area contributed by atoms with Crippen molar-refractivity contribution in [2.45, 2.75) is 13.5 Å². The number of benzene rings is 2. The molecule has 0 aliphatic carbocycles. The van der Waals surface area contributed by atoms with Gasteiger partial charge in [-0.1, -0.05) is 30.3 Å². The summed E-state index contributed by atoms with van der Waals surface area (Å²) in [6.45, 7) is 2.59. The van der Waals surface area contributed by atoms with Crippen LogP contribution in [-0.4, -0.2) is 12.6 Å². The number of esters is 1. The summed E-state index contributed by atoms with van der Waals surface area (Å²) >= 11 is 3.34. The molecule has 2 aromatic carbocycles. The van der Waals surface area contributed by atoms with Crippen LogP contribution in [0.15, 0.2) is 53.0 Å². The SMILES string of the molecule is CCOC(=O)c1cc(OCc2ccccc2)ccc1Br. The topological polar surface area (TPSA) is 35.5 Å². The summed E-state index contributed by atoms with van der Waals surface area (Å²) in [4.78, 5) is 11.8. The third-order valence-corrected chi connectivity index (χ3v) is 3.37. The molecule has 0 bridgehead atoms. The molecule has 0 saturated heterocycles. The van der Waals surface area contributed by atoms with E-state index >= 15 is 0 Å². The zero-order valence-corrected chi connectivity index (χ0v) is 12.7. The fourth-order valence-corrected chi connectivity index (χ4v) is 2.11. The Kier molecular flexibility index (Phi) is 5.18. The van der Waals surface area contributed by atoms with E-state index in [0.29, 0.717) is 29.0 Å². The smallest absolute Gasteiger partial charge is 0.339 e. The van der Waals surface area contributed by atoms with Crippen LogP contribution in [0.2, 0.25) is 0 Å². The largest absolute Gasteiger partial charge is 0.489 e. The van der Waals surface area contributed by atoms with Crippen molar-refractivity contribution in [1.29, 1.82) is 0 Å². The van der Waals surface area contributed by atoms with Crippen molar-refractivity contribution in [3.8, 4) is 5.75 Å². The van der Waals surface area contributed by atoms with Crippen molar-refractivity contribution in [1.82, 2.24) is 0 Å². The minimum Gasteiger partial charge on any atom is -0.489 e. The van der Waals surface area contributed by atoms with E-state index < -0.39 is 0 Å². The Hall–Kier alpha value is -1.81. The molecule has 0 aliphatic rings. The van der Waals surface area contributed by atoms with E-state index in [9.17, 15) is 4.79 Å². The molecule has 4 heteroatoms. The molecule has 20 heavy (non-hydrogen) atoms. The lowest BCUT2D eigenvalue weighted by atomic mass is 10.2. The normalized spacial score (nSPS) is 10.1. The van der Waals surface area contributed by atoms with Gasteiger partial charge in [-0.25, -0.2) is 4.79 Å². The molecule has 0 heterocycles. The molecule has 0 saturated carbocycles. The van der Waals surface area contributed by atoms with Crippen LogP contribution < -0.4 is 4.74 Å². The van der Waals surface area contributed by atoms with Crippen LogP contribution in [0, 0.1) is 0 Å². The van der Waals surface area contributed by atoms with Crippen LogP contribution in [0.1, 0.15) is 22.8 Å². The first kappa shape index (κ1) is 14.6. The molecule has 0 N–H and O–H groups in total. The molecule has 0 amide bonds. The van der Waals surface area contributed by atoms with Crippen molar-refractivity contribution in [3.05, 3.63) is 64.1 Å². The molecular weight excluding hydrogens is 320 g/mol. The quantitative estimate of drug-likeness (QED) is 0.768. The molecule has 0 atom stereocenters. The average Bonchev–Trinajstić information content (AvgIpc) is 2.47. The monoisotopic (exact) mass is 334 g/mol. The van der Waals surface area contributed by atoms with Crippen LogP contribution in [0.4, 0.5) is 0 Å². The second-order valence-corrected chi connectivity index (χ2v) is 4.99. The number of hydrogen-bond acceptors (Lipinski definition) is 3. The number of rotatable bonds is 5. The van der Waals surface area contributed by atoms with Crippen molar-refractivity contribution in [2.24, 2.45) is 0 Å². The Balaban J connectivity index is 2.09. The summed E-state index contributed by atoms with van der Waals surface area (Å²) < 4.78 is 11.4. The Morgan fingerprint density at radius 2 is 1.90 bits per heavy atom. The van der Waals surface area contributed by atoms with E-state index in [1.807, 2.05) is 36.4 Å². The maximum absolute atomic E-state index is 11.8. The minimum atomic E-state index is -0.357. The molecular formula is C16H15BrO3. The van der Waals surface area contributed by atoms with Crippen LogP contribution in [0.3, 0.4) is 0 Å². The van der Waals surface area contributed by atoms with Crippen LogP contribution >= 0.6 is 15.9 Å². The summed E-state index contributed by atoms with van der Waals surface area (Å²) in [6, 6.07) is 15.2. The van der Waals surface area contributed by atoms with Crippen LogP contribution in [-0.2, 0) is 11.3 Å². The lowest BCUT2D eigenvalue weighted by molar-refractivity contribution is 0.0524. The second kappa shape index (κ2) is 7.10. The average molecular weight is 335 g/mol. The van der Waals surface area contributed by atoms with Crippen LogP contribution in [0.5, 0.6) is 5.75 Å². The molecule has 104 valence electrons. The van der Waals surface area contributed by atoms with Crippen molar-refractivity contribution in [2.75, 3.05) is 6.61 Å². The molecule has 2 aromatic rings. The van der Waals surface area contributed by atoms with Crippen molar-refractivity contribution >= 4 is 21.9 Å². The third-order valence-electron chi connectivity index (χ3n) is 2.68. The highest BCUT2D eigenvalue weighted by atomic mass is 79.9. The molecule has 0 spiro atoms. The predicted molar refractivity (Wildman–Crippen MR) is 80.9 cm³/mol. The summed E-state index contributed by atoms with van der Waals surface area (Å²) in [5, 5.41) is 0. The van der Waals surface area contributed by atoms with E-state index in [1.165, 1.54) is 0 Å². The maximum Gasteiger partial charge on any atom is 0.339 e. The van der Waals surface area contributed by atoms with E-state index in [0.717, 1.165) is 5.56 Å². The van der Waals surface area contributed by atoms with Gasteiger partial charge in [0.05, 0.1) is 12.2 Å². The Morgan fingerprint density at radius 3 is 2.60 bits per heavy atom. The van der Waals surface area contributed by atoms with Gasteiger partial charge in [-0.3, -0.25) is 0 Å². The molecule has 2 rings (SSSR count). The molecule has 0 radical (unpaired) electrons. The number of halogens is 1. The van der Waals surface area contributed by atoms with Gasteiger partial charge in [0, 0.05) is 4.47 Å². The van der Waals surface area contributed by atoms with Gasteiger partial charge in [0.1, 0.15) is 12.4 Å². The highest BCUT2D eigenvalue weighted by Crippen LogP contribution is 2.24. The second-order valence-electron chi connectivity index (χ2n) is 4.14. The lowest BCUT2D eigenvalue weighted by Gasteiger charge is -2.09. The summed E-state index contributed by atoms with van der Waals surface area (Å²) in [6.07, 6.45) is 0. The van der Waals surface area contributed by atoms with Crippen molar-refractivity contribution in [3.63, 3.8) is 0 Å². The first-order valence-electron chi connectivity index (χ1n) is 6.34. The number of carbonyl (C=O) groups is 1. The predicted octanol–water partition coefficient (Wildman–Crippen LogP) is 4.20. The Bertz CT molecular complexity index is 582. The Morgan fingerprint density at radius 1 is 1.15 bits per heavy atom. The Labute approximate surface area is 126 Å².